The Morgan fingerprint density at radius 3 is 2.58 bits per heavy atom. The number of ether oxygens (including phenoxy) is 2. The van der Waals surface area contributed by atoms with E-state index in [-0.39, 0.29) is 17.9 Å². The number of carbonyl (C=O) groups excluding carboxylic acids is 1. The minimum Gasteiger partial charge on any atom is -0.504 e. The maximum Gasteiger partial charge on any atom is 0.330 e. The van der Waals surface area contributed by atoms with E-state index >= 15 is 0 Å². The van der Waals surface area contributed by atoms with Crippen LogP contribution in [0.1, 0.15) is 16.8 Å². The van der Waals surface area contributed by atoms with E-state index in [9.17, 15) is 9.90 Å². The fourth-order valence-electron chi connectivity index (χ4n) is 2.76. The number of rotatable bonds is 8. The maximum absolute atomic E-state index is 12.1. The van der Waals surface area contributed by atoms with E-state index in [1.54, 1.807) is 18.3 Å². The van der Waals surface area contributed by atoms with Crippen molar-refractivity contribution in [1.29, 1.82) is 0 Å². The van der Waals surface area contributed by atoms with Gasteiger partial charge in [0.15, 0.2) is 17.5 Å². The molecule has 3 aromatic rings. The van der Waals surface area contributed by atoms with Gasteiger partial charge in [0.2, 0.25) is 0 Å². The normalized spacial score (nSPS) is 12.4. The highest BCUT2D eigenvalue weighted by Gasteiger charge is 2.19. The minimum absolute atomic E-state index is 0.120. The van der Waals surface area contributed by atoms with E-state index in [4.69, 9.17) is 9.47 Å². The second kappa shape index (κ2) is 10.1. The van der Waals surface area contributed by atoms with Gasteiger partial charge in [-0.3, -0.25) is 4.99 Å². The molecule has 0 amide bonds. The molecular formula is C22H23N5O4. The number of imidazole rings is 1. The van der Waals surface area contributed by atoms with E-state index in [0.29, 0.717) is 16.9 Å². The number of H-pyrrole nitrogens is 1. The van der Waals surface area contributed by atoms with Gasteiger partial charge in [-0.05, 0) is 25.1 Å². The fraction of sp³-hybridized carbons (Fsp3) is 0.227. The van der Waals surface area contributed by atoms with Crippen molar-refractivity contribution in [1.82, 2.24) is 9.97 Å². The fourth-order valence-corrected chi connectivity index (χ4v) is 2.76. The SMILES string of the molecule is COC(=O)C(Cc1cnc[nH]1)N=Cc1cc(N=Nc2ccc(C)cc2)cc(OC)c1O. The molecule has 0 aliphatic carbocycles. The molecule has 9 nitrogen and oxygen atoms in total. The maximum atomic E-state index is 12.1. The molecular weight excluding hydrogens is 398 g/mol. The lowest BCUT2D eigenvalue weighted by Crippen LogP contribution is -2.23. The molecule has 0 aliphatic heterocycles. The molecule has 0 saturated carbocycles. The number of phenolic OH excluding ortho intramolecular Hbond substituents is 1. The third-order valence-electron chi connectivity index (χ3n) is 4.46. The number of aryl methyl sites for hydroxylation is 1. The molecule has 0 aliphatic rings. The standard InChI is InChI=1S/C22H23N5O4/c1-14-4-6-16(7-5-14)26-27-17-8-15(21(28)20(10-17)30-2)11-24-19(22(29)31-3)9-18-12-23-13-25-18/h4-8,10-13,19,28H,9H2,1-3H3,(H,23,25). The zero-order chi connectivity index (χ0) is 22.2. The third kappa shape index (κ3) is 5.75. The number of benzene rings is 2. The number of phenols is 1. The summed E-state index contributed by atoms with van der Waals surface area (Å²) >= 11 is 0. The smallest absolute Gasteiger partial charge is 0.330 e. The first-order valence-electron chi connectivity index (χ1n) is 9.48. The Bertz CT molecular complexity index is 1080. The number of aromatic hydroxyl groups is 1. The molecule has 160 valence electrons. The predicted molar refractivity (Wildman–Crippen MR) is 116 cm³/mol. The van der Waals surface area contributed by atoms with Crippen LogP contribution in [0.5, 0.6) is 11.5 Å². The molecule has 31 heavy (non-hydrogen) atoms. The lowest BCUT2D eigenvalue weighted by molar-refractivity contribution is -0.142. The predicted octanol–water partition coefficient (Wildman–Crippen LogP) is 4.05. The highest BCUT2D eigenvalue weighted by Crippen LogP contribution is 2.34. The minimum atomic E-state index is -0.811. The number of aromatic amines is 1. The van der Waals surface area contributed by atoms with Crippen LogP contribution >= 0.6 is 0 Å². The number of esters is 1. The Balaban J connectivity index is 1.88. The van der Waals surface area contributed by atoms with Crippen molar-refractivity contribution in [3.05, 3.63) is 65.7 Å². The van der Waals surface area contributed by atoms with E-state index < -0.39 is 12.0 Å². The zero-order valence-electron chi connectivity index (χ0n) is 17.4. The van der Waals surface area contributed by atoms with Gasteiger partial charge < -0.3 is 19.6 Å². The van der Waals surface area contributed by atoms with E-state index in [0.717, 1.165) is 11.3 Å². The average Bonchev–Trinajstić information content (AvgIpc) is 3.30. The molecule has 2 aromatic carbocycles. The van der Waals surface area contributed by atoms with Crippen LogP contribution in [0.3, 0.4) is 0 Å². The van der Waals surface area contributed by atoms with Crippen molar-refractivity contribution >= 4 is 23.6 Å². The summed E-state index contributed by atoms with van der Waals surface area (Å²) in [6.07, 6.45) is 4.79. The molecule has 1 aromatic heterocycles. The van der Waals surface area contributed by atoms with Gasteiger partial charge in [-0.1, -0.05) is 17.7 Å². The molecule has 0 spiro atoms. The number of hydrogen-bond acceptors (Lipinski definition) is 8. The van der Waals surface area contributed by atoms with Gasteiger partial charge in [-0.15, -0.1) is 0 Å². The van der Waals surface area contributed by atoms with Gasteiger partial charge in [-0.25, -0.2) is 9.78 Å². The molecule has 9 heteroatoms. The van der Waals surface area contributed by atoms with E-state index in [2.05, 4.69) is 25.2 Å². The highest BCUT2D eigenvalue weighted by atomic mass is 16.5. The van der Waals surface area contributed by atoms with Crippen LogP contribution in [0.2, 0.25) is 0 Å². The number of methoxy groups -OCH3 is 2. The van der Waals surface area contributed by atoms with Gasteiger partial charge in [0.05, 0.1) is 31.9 Å². The number of hydrogen-bond donors (Lipinski definition) is 2. The lowest BCUT2D eigenvalue weighted by atomic mass is 10.1. The van der Waals surface area contributed by atoms with Crippen LogP contribution in [0, 0.1) is 6.92 Å². The Hall–Kier alpha value is -4.01. The van der Waals surface area contributed by atoms with Crippen LogP contribution in [-0.2, 0) is 16.0 Å². The Labute approximate surface area is 179 Å². The molecule has 0 saturated heterocycles. The van der Waals surface area contributed by atoms with E-state index in [1.165, 1.54) is 26.8 Å². The largest absolute Gasteiger partial charge is 0.504 e. The van der Waals surface area contributed by atoms with Crippen molar-refractivity contribution in [3.63, 3.8) is 0 Å². The summed E-state index contributed by atoms with van der Waals surface area (Å²) in [6, 6.07) is 9.95. The Kier molecular flexibility index (Phi) is 7.10. The number of azo groups is 1. The topological polar surface area (TPSA) is 122 Å². The summed E-state index contributed by atoms with van der Waals surface area (Å²) in [6.45, 7) is 1.99. The number of carbonyl (C=O) groups is 1. The van der Waals surface area contributed by atoms with Crippen molar-refractivity contribution in [3.8, 4) is 11.5 Å². The van der Waals surface area contributed by atoms with Crippen molar-refractivity contribution < 1.29 is 19.4 Å². The molecule has 0 bridgehead atoms. The summed E-state index contributed by atoms with van der Waals surface area (Å²) in [5.74, 6) is -0.414. The van der Waals surface area contributed by atoms with Gasteiger partial charge in [0.1, 0.15) is 0 Å². The molecule has 1 atom stereocenters. The number of nitrogens with one attached hydrogen (secondary N) is 1. The third-order valence-corrected chi connectivity index (χ3v) is 4.46. The van der Waals surface area contributed by atoms with Crippen LogP contribution in [0.15, 0.2) is 64.1 Å². The number of aromatic nitrogens is 2. The second-order valence-corrected chi connectivity index (χ2v) is 6.72. The van der Waals surface area contributed by atoms with Crippen molar-refractivity contribution in [2.24, 2.45) is 15.2 Å². The monoisotopic (exact) mass is 421 g/mol. The van der Waals surface area contributed by atoms with Gasteiger partial charge >= 0.3 is 5.97 Å². The lowest BCUT2D eigenvalue weighted by Gasteiger charge is -2.10. The molecule has 1 unspecified atom stereocenters. The average molecular weight is 421 g/mol. The van der Waals surface area contributed by atoms with Crippen molar-refractivity contribution in [2.45, 2.75) is 19.4 Å². The Morgan fingerprint density at radius 2 is 1.94 bits per heavy atom. The van der Waals surface area contributed by atoms with Crippen LogP contribution in [0.4, 0.5) is 11.4 Å². The molecule has 1 heterocycles. The van der Waals surface area contributed by atoms with Gasteiger partial charge in [-0.2, -0.15) is 10.2 Å². The molecule has 0 radical (unpaired) electrons. The first kappa shape index (κ1) is 21.7. The zero-order valence-corrected chi connectivity index (χ0v) is 17.4. The Morgan fingerprint density at radius 1 is 1.19 bits per heavy atom. The number of aliphatic imine (C=N–C) groups is 1. The summed E-state index contributed by atoms with van der Waals surface area (Å²) in [7, 11) is 2.73. The van der Waals surface area contributed by atoms with Crippen molar-refractivity contribution in [2.75, 3.05) is 14.2 Å². The number of nitrogens with zero attached hydrogens (tertiary/aromatic N) is 4. The first-order valence-corrected chi connectivity index (χ1v) is 9.48. The summed E-state index contributed by atoms with van der Waals surface area (Å²) < 4.78 is 10.1. The van der Waals surface area contributed by atoms with Gasteiger partial charge in [0, 0.05) is 36.2 Å². The first-order chi connectivity index (χ1) is 15.0. The highest BCUT2D eigenvalue weighted by molar-refractivity contribution is 5.89. The summed E-state index contributed by atoms with van der Waals surface area (Å²) in [4.78, 5) is 23.3. The molecule has 3 rings (SSSR count). The van der Waals surface area contributed by atoms with Crippen LogP contribution < -0.4 is 4.74 Å². The molecule has 2 N–H and O–H groups in total. The second-order valence-electron chi connectivity index (χ2n) is 6.72. The molecule has 0 fully saturated rings. The van der Waals surface area contributed by atoms with Crippen LogP contribution in [0.25, 0.3) is 0 Å². The van der Waals surface area contributed by atoms with Crippen LogP contribution in [-0.4, -0.2) is 47.5 Å². The van der Waals surface area contributed by atoms with Gasteiger partial charge in [0.25, 0.3) is 0 Å². The summed E-state index contributed by atoms with van der Waals surface area (Å²) in [5.41, 5.74) is 3.34. The van der Waals surface area contributed by atoms with E-state index in [1.807, 2.05) is 31.2 Å². The summed E-state index contributed by atoms with van der Waals surface area (Å²) in [5, 5.41) is 18.9. The quantitative estimate of drug-likeness (QED) is 0.323.